The first-order valence-electron chi connectivity index (χ1n) is 4.18. The smallest absolute Gasteiger partial charge is 0.167 e. The van der Waals surface area contributed by atoms with Gasteiger partial charge >= 0.3 is 0 Å². The number of carbonyl (C=O) groups excluding carboxylic acids is 1. The van der Waals surface area contributed by atoms with Crippen LogP contribution in [0.3, 0.4) is 0 Å². The third-order valence-corrected chi connectivity index (χ3v) is 2.97. The number of ketones is 1. The highest BCUT2D eigenvalue weighted by atomic mass is 79.9. The average Bonchev–Trinajstić information content (AvgIpc) is 2.91. The number of rotatable bonds is 2. The molecule has 1 fully saturated rings. The quantitative estimate of drug-likeness (QED) is 0.729. The Morgan fingerprint density at radius 1 is 1.46 bits per heavy atom. The van der Waals surface area contributed by atoms with Crippen LogP contribution >= 0.6 is 15.9 Å². The SMILES string of the molecule is O=C(c1cccc(F)c1Br)C1CC1. The van der Waals surface area contributed by atoms with E-state index in [1.54, 1.807) is 12.1 Å². The summed E-state index contributed by atoms with van der Waals surface area (Å²) in [5, 5.41) is 0. The monoisotopic (exact) mass is 242 g/mol. The van der Waals surface area contributed by atoms with Crippen molar-refractivity contribution in [3.63, 3.8) is 0 Å². The minimum absolute atomic E-state index is 0.0615. The molecule has 2 rings (SSSR count). The molecule has 1 aromatic rings. The van der Waals surface area contributed by atoms with Crippen molar-refractivity contribution in [2.24, 2.45) is 5.92 Å². The molecule has 0 saturated heterocycles. The maximum Gasteiger partial charge on any atom is 0.167 e. The van der Waals surface area contributed by atoms with E-state index in [2.05, 4.69) is 15.9 Å². The number of halogens is 2. The maximum absolute atomic E-state index is 13.0. The molecule has 13 heavy (non-hydrogen) atoms. The van der Waals surface area contributed by atoms with Crippen molar-refractivity contribution in [1.82, 2.24) is 0 Å². The van der Waals surface area contributed by atoms with Gasteiger partial charge in [-0.2, -0.15) is 0 Å². The molecule has 0 aromatic heterocycles. The van der Waals surface area contributed by atoms with Crippen LogP contribution in [0.25, 0.3) is 0 Å². The molecule has 1 aromatic carbocycles. The van der Waals surface area contributed by atoms with Crippen molar-refractivity contribution in [2.45, 2.75) is 12.8 Å². The minimum atomic E-state index is -0.369. The fourth-order valence-electron chi connectivity index (χ4n) is 1.26. The van der Waals surface area contributed by atoms with Gasteiger partial charge in [-0.05, 0) is 34.8 Å². The summed E-state index contributed by atoms with van der Waals surface area (Å²) in [5.41, 5.74) is 0.475. The lowest BCUT2D eigenvalue weighted by molar-refractivity contribution is 0.0966. The summed E-state index contributed by atoms with van der Waals surface area (Å²) in [5.74, 6) is -0.170. The van der Waals surface area contributed by atoms with Crippen LogP contribution in [-0.4, -0.2) is 5.78 Å². The molecule has 0 spiro atoms. The van der Waals surface area contributed by atoms with E-state index in [-0.39, 0.29) is 17.5 Å². The molecule has 1 aliphatic rings. The summed E-state index contributed by atoms with van der Waals surface area (Å²) in [7, 11) is 0. The van der Waals surface area contributed by atoms with Gasteiger partial charge in [-0.25, -0.2) is 4.39 Å². The highest BCUT2D eigenvalue weighted by Crippen LogP contribution is 2.35. The van der Waals surface area contributed by atoms with E-state index in [9.17, 15) is 9.18 Å². The van der Waals surface area contributed by atoms with Crippen LogP contribution in [0.5, 0.6) is 0 Å². The third-order valence-electron chi connectivity index (χ3n) is 2.17. The fraction of sp³-hybridized carbons (Fsp3) is 0.300. The second-order valence-corrected chi connectivity index (χ2v) is 4.03. The van der Waals surface area contributed by atoms with Gasteiger partial charge in [0.2, 0.25) is 0 Å². The van der Waals surface area contributed by atoms with E-state index in [1.807, 2.05) is 0 Å². The minimum Gasteiger partial charge on any atom is -0.294 e. The predicted molar refractivity (Wildman–Crippen MR) is 51.2 cm³/mol. The van der Waals surface area contributed by atoms with E-state index >= 15 is 0 Å². The molecule has 0 radical (unpaired) electrons. The molecule has 0 N–H and O–H groups in total. The van der Waals surface area contributed by atoms with Gasteiger partial charge in [-0.3, -0.25) is 4.79 Å². The Bertz CT molecular complexity index is 358. The Labute approximate surface area is 84.1 Å². The Morgan fingerprint density at radius 2 is 2.15 bits per heavy atom. The van der Waals surface area contributed by atoms with Crippen molar-refractivity contribution < 1.29 is 9.18 Å². The van der Waals surface area contributed by atoms with Crippen molar-refractivity contribution >= 4 is 21.7 Å². The zero-order valence-corrected chi connectivity index (χ0v) is 8.47. The maximum atomic E-state index is 13.0. The van der Waals surface area contributed by atoms with Gasteiger partial charge < -0.3 is 0 Å². The molecule has 1 aliphatic carbocycles. The van der Waals surface area contributed by atoms with Crippen molar-refractivity contribution in [2.75, 3.05) is 0 Å². The van der Waals surface area contributed by atoms with Crippen molar-refractivity contribution in [3.05, 3.63) is 34.1 Å². The van der Waals surface area contributed by atoms with E-state index < -0.39 is 0 Å². The highest BCUT2D eigenvalue weighted by Gasteiger charge is 2.31. The first-order chi connectivity index (χ1) is 6.20. The van der Waals surface area contributed by atoms with Crippen LogP contribution in [0.1, 0.15) is 23.2 Å². The second-order valence-electron chi connectivity index (χ2n) is 3.24. The lowest BCUT2D eigenvalue weighted by Crippen LogP contribution is -2.03. The summed E-state index contributed by atoms with van der Waals surface area (Å²) in [6.07, 6.45) is 1.89. The lowest BCUT2D eigenvalue weighted by atomic mass is 10.1. The van der Waals surface area contributed by atoms with Crippen LogP contribution < -0.4 is 0 Å². The van der Waals surface area contributed by atoms with E-state index in [1.165, 1.54) is 6.07 Å². The van der Waals surface area contributed by atoms with Crippen LogP contribution in [0.2, 0.25) is 0 Å². The zero-order valence-electron chi connectivity index (χ0n) is 6.89. The molecule has 0 aliphatic heterocycles. The molecular weight excluding hydrogens is 235 g/mol. The topological polar surface area (TPSA) is 17.1 Å². The Balaban J connectivity index is 2.38. The standard InChI is InChI=1S/C10H8BrFO/c11-9-7(2-1-3-8(9)12)10(13)6-4-5-6/h1-3,6H,4-5H2. The van der Waals surface area contributed by atoms with Crippen molar-refractivity contribution in [1.29, 1.82) is 0 Å². The number of hydrogen-bond acceptors (Lipinski definition) is 1. The van der Waals surface area contributed by atoms with Crippen LogP contribution in [0.15, 0.2) is 22.7 Å². The Hall–Kier alpha value is -0.700. The Morgan fingerprint density at radius 3 is 2.77 bits per heavy atom. The van der Waals surface area contributed by atoms with Gasteiger partial charge in [0.05, 0.1) is 4.47 Å². The molecule has 0 unspecified atom stereocenters. The summed E-state index contributed by atoms with van der Waals surface area (Å²) in [6, 6.07) is 4.57. The first-order valence-corrected chi connectivity index (χ1v) is 4.97. The third kappa shape index (κ3) is 1.66. The molecule has 1 saturated carbocycles. The second kappa shape index (κ2) is 3.22. The van der Waals surface area contributed by atoms with Gasteiger partial charge in [0.1, 0.15) is 5.82 Å². The van der Waals surface area contributed by atoms with Crippen LogP contribution in [-0.2, 0) is 0 Å². The average molecular weight is 243 g/mol. The number of hydrogen-bond donors (Lipinski definition) is 0. The molecule has 0 atom stereocenters. The molecule has 3 heteroatoms. The zero-order chi connectivity index (χ0) is 9.42. The number of carbonyl (C=O) groups is 1. The summed E-state index contributed by atoms with van der Waals surface area (Å²) in [4.78, 5) is 11.6. The molecular formula is C10H8BrFO. The normalized spacial score (nSPS) is 15.8. The molecule has 68 valence electrons. The number of benzene rings is 1. The van der Waals surface area contributed by atoms with Crippen molar-refractivity contribution in [3.8, 4) is 0 Å². The summed E-state index contributed by atoms with van der Waals surface area (Å²) >= 11 is 3.08. The first kappa shape index (κ1) is 8.88. The van der Waals surface area contributed by atoms with E-state index in [0.29, 0.717) is 10.0 Å². The van der Waals surface area contributed by atoms with Gasteiger partial charge in [-0.1, -0.05) is 12.1 Å². The van der Waals surface area contributed by atoms with Crippen LogP contribution in [0.4, 0.5) is 4.39 Å². The summed E-state index contributed by atoms with van der Waals surface area (Å²) < 4.78 is 13.3. The number of Topliss-reactive ketones (excluding diaryl/α,β-unsaturated/α-hetero) is 1. The predicted octanol–water partition coefficient (Wildman–Crippen LogP) is 3.18. The fourth-order valence-corrected chi connectivity index (χ4v) is 1.72. The molecule has 1 nitrogen and oxygen atoms in total. The molecule has 0 heterocycles. The van der Waals surface area contributed by atoms with E-state index in [4.69, 9.17) is 0 Å². The molecule has 0 bridgehead atoms. The largest absolute Gasteiger partial charge is 0.294 e. The van der Waals surface area contributed by atoms with E-state index in [0.717, 1.165) is 12.8 Å². The van der Waals surface area contributed by atoms with Gasteiger partial charge in [-0.15, -0.1) is 0 Å². The summed E-state index contributed by atoms with van der Waals surface area (Å²) in [6.45, 7) is 0. The Kier molecular flexibility index (Phi) is 2.20. The molecule has 0 amide bonds. The van der Waals surface area contributed by atoms with Gasteiger partial charge in [0, 0.05) is 11.5 Å². The highest BCUT2D eigenvalue weighted by molar-refractivity contribution is 9.10. The lowest BCUT2D eigenvalue weighted by Gasteiger charge is -2.02. The van der Waals surface area contributed by atoms with Crippen LogP contribution in [0, 0.1) is 11.7 Å². The van der Waals surface area contributed by atoms with Gasteiger partial charge in [0.25, 0.3) is 0 Å². The van der Waals surface area contributed by atoms with Gasteiger partial charge in [0.15, 0.2) is 5.78 Å².